The van der Waals surface area contributed by atoms with Crippen molar-refractivity contribution in [2.45, 2.75) is 59.4 Å². The van der Waals surface area contributed by atoms with E-state index in [4.69, 9.17) is 0 Å². The fourth-order valence-corrected chi connectivity index (χ4v) is 3.15. The van der Waals surface area contributed by atoms with Crippen molar-refractivity contribution in [1.29, 1.82) is 0 Å². The van der Waals surface area contributed by atoms with Gasteiger partial charge in [0.1, 0.15) is 0 Å². The summed E-state index contributed by atoms with van der Waals surface area (Å²) in [6.07, 6.45) is 12.8. The largest absolute Gasteiger partial charge is 0.296 e. The Hall–Kier alpha value is -0.710. The van der Waals surface area contributed by atoms with Crippen LogP contribution in [-0.2, 0) is 0 Å². The predicted molar refractivity (Wildman–Crippen MR) is 106 cm³/mol. The van der Waals surface area contributed by atoms with E-state index in [1.807, 2.05) is 13.1 Å². The summed E-state index contributed by atoms with van der Waals surface area (Å²) >= 11 is 2.46. The number of aliphatic imine (C=N–C) groups is 2. The molecule has 0 aromatic heterocycles. The van der Waals surface area contributed by atoms with E-state index < -0.39 is 0 Å². The van der Waals surface area contributed by atoms with E-state index in [0.29, 0.717) is 6.54 Å². The van der Waals surface area contributed by atoms with E-state index in [-0.39, 0.29) is 6.04 Å². The minimum Gasteiger partial charge on any atom is -0.296 e. The van der Waals surface area contributed by atoms with Crippen LogP contribution >= 0.6 is 22.6 Å². The molecule has 0 fully saturated rings. The molecule has 0 heterocycles. The molecule has 118 valence electrons. The fourth-order valence-electron chi connectivity index (χ4n) is 2.10. The zero-order valence-corrected chi connectivity index (χ0v) is 16.1. The number of hydrogen-bond acceptors (Lipinski definition) is 2. The molecule has 0 aliphatic carbocycles. The van der Waals surface area contributed by atoms with Crippen molar-refractivity contribution in [3.63, 3.8) is 0 Å². The summed E-state index contributed by atoms with van der Waals surface area (Å²) in [5.41, 5.74) is 2.67. The van der Waals surface area contributed by atoms with Gasteiger partial charge in [-0.25, -0.2) is 0 Å². The van der Waals surface area contributed by atoms with Crippen molar-refractivity contribution in [2.75, 3.05) is 6.54 Å². The Morgan fingerprint density at radius 3 is 2.57 bits per heavy atom. The molecule has 0 saturated carbocycles. The van der Waals surface area contributed by atoms with Crippen molar-refractivity contribution in [3.8, 4) is 0 Å². The lowest BCUT2D eigenvalue weighted by molar-refractivity contribution is 0.810. The molecule has 2 nitrogen and oxygen atoms in total. The molecule has 0 spiro atoms. The predicted octanol–water partition coefficient (Wildman–Crippen LogP) is 5.94. The van der Waals surface area contributed by atoms with Gasteiger partial charge in [0.2, 0.25) is 0 Å². The van der Waals surface area contributed by atoms with E-state index >= 15 is 0 Å². The topological polar surface area (TPSA) is 24.7 Å². The number of rotatable bonds is 10. The smallest absolute Gasteiger partial charge is 0.0686 e. The first-order chi connectivity index (χ1) is 10.1. The van der Waals surface area contributed by atoms with Gasteiger partial charge in [-0.15, -0.1) is 0 Å². The van der Waals surface area contributed by atoms with Crippen molar-refractivity contribution >= 4 is 35.5 Å². The van der Waals surface area contributed by atoms with E-state index in [1.54, 1.807) is 0 Å². The third-order valence-corrected chi connectivity index (χ3v) is 4.36. The lowest BCUT2D eigenvalue weighted by Crippen LogP contribution is -2.04. The first kappa shape index (κ1) is 20.3. The maximum atomic E-state index is 4.49. The van der Waals surface area contributed by atoms with Crippen molar-refractivity contribution in [3.05, 3.63) is 33.0 Å². The molecule has 0 aliphatic heterocycles. The van der Waals surface area contributed by atoms with Crippen molar-refractivity contribution in [2.24, 2.45) is 9.98 Å². The van der Waals surface area contributed by atoms with Crippen molar-refractivity contribution < 1.29 is 0 Å². The Bertz CT molecular complexity index is 417. The third-order valence-electron chi connectivity index (χ3n) is 3.23. The Morgan fingerprint density at radius 1 is 1.33 bits per heavy atom. The average Bonchev–Trinajstić information content (AvgIpc) is 2.46. The monoisotopic (exact) mass is 400 g/mol. The van der Waals surface area contributed by atoms with Crippen LogP contribution in [0.2, 0.25) is 0 Å². The summed E-state index contributed by atoms with van der Waals surface area (Å²) in [6, 6.07) is 0.275. The van der Waals surface area contributed by atoms with E-state index in [2.05, 4.69) is 78.3 Å². The maximum absolute atomic E-state index is 4.49. The minimum atomic E-state index is 0.275. The van der Waals surface area contributed by atoms with Gasteiger partial charge in [-0.3, -0.25) is 9.98 Å². The standard InChI is InChI=1S/C18H29IN2/c1-6-9-10-11-16(14-20-5)12-13-18(19)17(7-2)15(4)21-8-3/h8,10-12,15H,5-7,9,13-14H2,1-4H3/b11-10-,16-12-,18-17+,21-8-. The first-order valence-electron chi connectivity index (χ1n) is 7.73. The van der Waals surface area contributed by atoms with Gasteiger partial charge < -0.3 is 0 Å². The molecule has 0 radical (unpaired) electrons. The molecule has 0 amide bonds. The van der Waals surface area contributed by atoms with Crippen LogP contribution in [0.1, 0.15) is 53.4 Å². The Balaban J connectivity index is 5.01. The molecule has 1 unspecified atom stereocenters. The summed E-state index contributed by atoms with van der Waals surface area (Å²) < 4.78 is 1.39. The number of unbranched alkanes of at least 4 members (excludes halogenated alkanes) is 1. The van der Waals surface area contributed by atoms with Gasteiger partial charge in [-0.05, 0) is 83.4 Å². The molecule has 0 N–H and O–H groups in total. The average molecular weight is 400 g/mol. The van der Waals surface area contributed by atoms with Gasteiger partial charge >= 0.3 is 0 Å². The van der Waals surface area contributed by atoms with Crippen LogP contribution in [0, 0.1) is 0 Å². The summed E-state index contributed by atoms with van der Waals surface area (Å²) in [4.78, 5) is 8.50. The molecular weight excluding hydrogens is 371 g/mol. The molecular formula is C18H29IN2. The second-order valence-electron chi connectivity index (χ2n) is 4.92. The number of halogens is 1. The lowest BCUT2D eigenvalue weighted by Gasteiger charge is -2.12. The number of allylic oxidation sites excluding steroid dienone is 3. The highest BCUT2D eigenvalue weighted by Gasteiger charge is 2.08. The number of hydrogen-bond donors (Lipinski definition) is 0. The molecule has 0 saturated heterocycles. The molecule has 3 heteroatoms. The zero-order valence-electron chi connectivity index (χ0n) is 13.9. The van der Waals surface area contributed by atoms with E-state index in [1.165, 1.54) is 21.1 Å². The molecule has 0 aliphatic rings. The molecule has 1 atom stereocenters. The third kappa shape index (κ3) is 9.02. The lowest BCUT2D eigenvalue weighted by atomic mass is 10.0. The molecule has 0 aromatic carbocycles. The Kier molecular flexibility index (Phi) is 12.5. The van der Waals surface area contributed by atoms with Crippen LogP contribution in [-0.4, -0.2) is 25.5 Å². The Morgan fingerprint density at radius 2 is 2.05 bits per heavy atom. The quantitative estimate of drug-likeness (QED) is 0.246. The fraction of sp³-hybridized carbons (Fsp3) is 0.556. The molecule has 0 rings (SSSR count). The van der Waals surface area contributed by atoms with Gasteiger partial charge in [0, 0.05) is 0 Å². The van der Waals surface area contributed by atoms with Crippen LogP contribution < -0.4 is 0 Å². The zero-order chi connectivity index (χ0) is 16.1. The summed E-state index contributed by atoms with van der Waals surface area (Å²) in [5, 5.41) is 0. The highest BCUT2D eigenvalue weighted by molar-refractivity contribution is 14.1. The van der Waals surface area contributed by atoms with Crippen LogP contribution in [0.4, 0.5) is 0 Å². The van der Waals surface area contributed by atoms with Gasteiger partial charge in [0.15, 0.2) is 0 Å². The van der Waals surface area contributed by atoms with Crippen LogP contribution in [0.25, 0.3) is 0 Å². The van der Waals surface area contributed by atoms with Crippen molar-refractivity contribution in [1.82, 2.24) is 0 Å². The SMILES string of the molecule is C=NCC(/C=C\CCC)=C\C/C(I)=C(/CC)C(C)/N=C\C. The van der Waals surface area contributed by atoms with Crippen LogP contribution in [0.15, 0.2) is 42.9 Å². The minimum absolute atomic E-state index is 0.275. The Labute approximate surface area is 144 Å². The van der Waals surface area contributed by atoms with E-state index in [9.17, 15) is 0 Å². The highest BCUT2D eigenvalue weighted by Crippen LogP contribution is 2.25. The summed E-state index contributed by atoms with van der Waals surface area (Å²) in [5.74, 6) is 0. The molecule has 0 aromatic rings. The van der Waals surface area contributed by atoms with Crippen LogP contribution in [0.3, 0.4) is 0 Å². The molecule has 0 bridgehead atoms. The maximum Gasteiger partial charge on any atom is 0.0686 e. The second kappa shape index (κ2) is 13.0. The van der Waals surface area contributed by atoms with E-state index in [0.717, 1.165) is 19.3 Å². The van der Waals surface area contributed by atoms with Gasteiger partial charge in [0.25, 0.3) is 0 Å². The van der Waals surface area contributed by atoms with Gasteiger partial charge in [-0.1, -0.05) is 38.5 Å². The number of nitrogens with zero attached hydrogens (tertiary/aromatic N) is 2. The van der Waals surface area contributed by atoms with Gasteiger partial charge in [-0.2, -0.15) is 0 Å². The highest BCUT2D eigenvalue weighted by atomic mass is 127. The summed E-state index contributed by atoms with van der Waals surface area (Å²) in [6.45, 7) is 12.8. The molecule has 21 heavy (non-hydrogen) atoms. The van der Waals surface area contributed by atoms with Gasteiger partial charge in [0.05, 0.1) is 12.6 Å². The summed E-state index contributed by atoms with van der Waals surface area (Å²) in [7, 11) is 0. The first-order valence-corrected chi connectivity index (χ1v) is 8.81. The van der Waals surface area contributed by atoms with Crippen LogP contribution in [0.5, 0.6) is 0 Å². The second-order valence-corrected chi connectivity index (χ2v) is 6.23. The normalized spacial score (nSPS) is 15.6.